The molecule has 0 spiro atoms. The van der Waals surface area contributed by atoms with Crippen molar-refractivity contribution in [2.75, 3.05) is 0 Å². The standard InChI is InChI=1S/C16H16S/c1-9-6-5-7-13-11(3)16-15(10(2)8-17-16)12(4)14(9)13/h5-8H,1-4H3. The molecular weight excluding hydrogens is 224 g/mol. The Kier molecular flexibility index (Phi) is 2.27. The van der Waals surface area contributed by atoms with Crippen molar-refractivity contribution >= 4 is 32.2 Å². The highest BCUT2D eigenvalue weighted by atomic mass is 32.1. The van der Waals surface area contributed by atoms with Crippen LogP contribution in [0.3, 0.4) is 0 Å². The van der Waals surface area contributed by atoms with Crippen LogP contribution >= 0.6 is 11.3 Å². The smallest absolute Gasteiger partial charge is 0.0383 e. The highest BCUT2D eigenvalue weighted by molar-refractivity contribution is 7.17. The zero-order valence-electron chi connectivity index (χ0n) is 10.7. The Labute approximate surface area is 106 Å². The molecule has 86 valence electrons. The largest absolute Gasteiger partial charge is 0.143 e. The van der Waals surface area contributed by atoms with Crippen LogP contribution in [0.2, 0.25) is 0 Å². The fourth-order valence-corrected chi connectivity index (χ4v) is 4.04. The second-order valence-corrected chi connectivity index (χ2v) is 5.75. The minimum Gasteiger partial charge on any atom is -0.143 e. The zero-order chi connectivity index (χ0) is 12.2. The number of benzene rings is 2. The Morgan fingerprint density at radius 2 is 1.59 bits per heavy atom. The van der Waals surface area contributed by atoms with Gasteiger partial charge in [0, 0.05) is 4.70 Å². The van der Waals surface area contributed by atoms with Crippen molar-refractivity contribution in [1.82, 2.24) is 0 Å². The first-order valence-electron chi connectivity index (χ1n) is 5.97. The highest BCUT2D eigenvalue weighted by Gasteiger charge is 2.12. The molecule has 1 aromatic heterocycles. The van der Waals surface area contributed by atoms with E-state index in [1.54, 1.807) is 0 Å². The van der Waals surface area contributed by atoms with Crippen molar-refractivity contribution in [3.05, 3.63) is 45.8 Å². The molecule has 0 saturated heterocycles. The fourth-order valence-electron chi connectivity index (χ4n) is 2.91. The molecule has 0 atom stereocenters. The lowest BCUT2D eigenvalue weighted by atomic mass is 9.93. The van der Waals surface area contributed by atoms with Crippen molar-refractivity contribution in [3.63, 3.8) is 0 Å². The number of aryl methyl sites for hydroxylation is 4. The van der Waals surface area contributed by atoms with Gasteiger partial charge in [0.05, 0.1) is 0 Å². The van der Waals surface area contributed by atoms with E-state index in [-0.39, 0.29) is 0 Å². The monoisotopic (exact) mass is 240 g/mol. The highest BCUT2D eigenvalue weighted by Crippen LogP contribution is 2.38. The number of thiophene rings is 1. The van der Waals surface area contributed by atoms with Crippen molar-refractivity contribution in [3.8, 4) is 0 Å². The lowest BCUT2D eigenvalue weighted by Gasteiger charge is -2.11. The number of rotatable bonds is 0. The first kappa shape index (κ1) is 10.8. The van der Waals surface area contributed by atoms with E-state index in [2.05, 4.69) is 51.3 Å². The zero-order valence-corrected chi connectivity index (χ0v) is 11.5. The number of hydrogen-bond acceptors (Lipinski definition) is 1. The molecule has 0 aliphatic carbocycles. The summed E-state index contributed by atoms with van der Waals surface area (Å²) in [5.74, 6) is 0. The van der Waals surface area contributed by atoms with Gasteiger partial charge < -0.3 is 0 Å². The first-order valence-corrected chi connectivity index (χ1v) is 6.85. The second kappa shape index (κ2) is 3.58. The predicted molar refractivity (Wildman–Crippen MR) is 78.3 cm³/mol. The normalized spacial score (nSPS) is 11.5. The van der Waals surface area contributed by atoms with Crippen LogP contribution in [0.15, 0.2) is 23.6 Å². The third kappa shape index (κ3) is 1.35. The van der Waals surface area contributed by atoms with Crippen molar-refractivity contribution < 1.29 is 0 Å². The van der Waals surface area contributed by atoms with Gasteiger partial charge in [-0.15, -0.1) is 11.3 Å². The van der Waals surface area contributed by atoms with Crippen molar-refractivity contribution in [1.29, 1.82) is 0 Å². The first-order chi connectivity index (χ1) is 8.11. The minimum absolute atomic E-state index is 1.38. The molecule has 2 aromatic carbocycles. The van der Waals surface area contributed by atoms with Gasteiger partial charge in [0.2, 0.25) is 0 Å². The predicted octanol–water partition coefficient (Wildman–Crippen LogP) is 5.29. The van der Waals surface area contributed by atoms with E-state index in [1.165, 1.54) is 43.1 Å². The topological polar surface area (TPSA) is 0 Å². The fraction of sp³-hybridized carbons (Fsp3) is 0.250. The molecule has 3 aromatic rings. The summed E-state index contributed by atoms with van der Waals surface area (Å²) in [7, 11) is 0. The van der Waals surface area contributed by atoms with E-state index in [4.69, 9.17) is 0 Å². The third-order valence-electron chi connectivity index (χ3n) is 3.74. The maximum Gasteiger partial charge on any atom is 0.0383 e. The number of hydrogen-bond donors (Lipinski definition) is 0. The van der Waals surface area contributed by atoms with E-state index in [0.717, 1.165) is 0 Å². The van der Waals surface area contributed by atoms with E-state index >= 15 is 0 Å². The van der Waals surface area contributed by atoms with E-state index in [1.807, 2.05) is 11.3 Å². The molecule has 3 rings (SSSR count). The maximum atomic E-state index is 2.28. The van der Waals surface area contributed by atoms with E-state index in [0.29, 0.717) is 0 Å². The van der Waals surface area contributed by atoms with E-state index in [9.17, 15) is 0 Å². The maximum absolute atomic E-state index is 2.28. The summed E-state index contributed by atoms with van der Waals surface area (Å²) in [6.07, 6.45) is 0. The van der Waals surface area contributed by atoms with Crippen LogP contribution in [-0.4, -0.2) is 0 Å². The van der Waals surface area contributed by atoms with E-state index < -0.39 is 0 Å². The van der Waals surface area contributed by atoms with Gasteiger partial charge in [-0.1, -0.05) is 18.2 Å². The molecule has 17 heavy (non-hydrogen) atoms. The molecule has 0 aliphatic rings. The molecular formula is C16H16S. The van der Waals surface area contributed by atoms with Crippen LogP contribution in [-0.2, 0) is 0 Å². The van der Waals surface area contributed by atoms with Gasteiger partial charge in [-0.3, -0.25) is 0 Å². The third-order valence-corrected chi connectivity index (χ3v) is 4.96. The van der Waals surface area contributed by atoms with Crippen molar-refractivity contribution in [2.24, 2.45) is 0 Å². The summed E-state index contributed by atoms with van der Waals surface area (Å²) in [6.45, 7) is 8.94. The molecule has 0 fully saturated rings. The summed E-state index contributed by atoms with van der Waals surface area (Å²) >= 11 is 1.88. The molecule has 1 heteroatoms. The summed E-state index contributed by atoms with van der Waals surface area (Å²) in [4.78, 5) is 0. The van der Waals surface area contributed by atoms with Crippen LogP contribution in [0.4, 0.5) is 0 Å². The minimum atomic E-state index is 1.38. The van der Waals surface area contributed by atoms with Crippen LogP contribution < -0.4 is 0 Å². The molecule has 0 radical (unpaired) electrons. The molecule has 0 N–H and O–H groups in total. The van der Waals surface area contributed by atoms with Crippen LogP contribution in [0, 0.1) is 27.7 Å². The van der Waals surface area contributed by atoms with Crippen molar-refractivity contribution in [2.45, 2.75) is 27.7 Å². The van der Waals surface area contributed by atoms with Gasteiger partial charge >= 0.3 is 0 Å². The average molecular weight is 240 g/mol. The Bertz CT molecular complexity index is 732. The number of fused-ring (bicyclic) bond motifs is 2. The van der Waals surface area contributed by atoms with Gasteiger partial charge in [0.15, 0.2) is 0 Å². The molecule has 0 saturated carbocycles. The van der Waals surface area contributed by atoms with Gasteiger partial charge in [-0.05, 0) is 71.5 Å². The molecule has 0 amide bonds. The Morgan fingerprint density at radius 1 is 0.824 bits per heavy atom. The lowest BCUT2D eigenvalue weighted by Crippen LogP contribution is -1.88. The molecule has 0 unspecified atom stereocenters. The lowest BCUT2D eigenvalue weighted by molar-refractivity contribution is 1.46. The summed E-state index contributed by atoms with van der Waals surface area (Å²) in [5, 5.41) is 6.60. The Balaban J connectivity index is 2.71. The van der Waals surface area contributed by atoms with Crippen LogP contribution in [0.1, 0.15) is 22.3 Å². The molecule has 0 bridgehead atoms. The molecule has 0 nitrogen and oxygen atoms in total. The van der Waals surface area contributed by atoms with Crippen LogP contribution in [0.25, 0.3) is 20.9 Å². The molecule has 0 aliphatic heterocycles. The quantitative estimate of drug-likeness (QED) is 0.501. The van der Waals surface area contributed by atoms with Gasteiger partial charge in [-0.2, -0.15) is 0 Å². The Hall–Kier alpha value is -1.34. The molecule has 1 heterocycles. The summed E-state index contributed by atoms with van der Waals surface area (Å²) in [5.41, 5.74) is 5.67. The Morgan fingerprint density at radius 3 is 2.35 bits per heavy atom. The van der Waals surface area contributed by atoms with Crippen LogP contribution in [0.5, 0.6) is 0 Å². The SMILES string of the molecule is Cc1c2cccc(C)c2c(C)c2c(C)csc12. The summed E-state index contributed by atoms with van der Waals surface area (Å²) in [6, 6.07) is 6.62. The summed E-state index contributed by atoms with van der Waals surface area (Å²) < 4.78 is 1.46. The average Bonchev–Trinajstić information content (AvgIpc) is 2.68. The second-order valence-electron chi connectivity index (χ2n) is 4.87. The van der Waals surface area contributed by atoms with Gasteiger partial charge in [0.25, 0.3) is 0 Å². The van der Waals surface area contributed by atoms with Gasteiger partial charge in [0.1, 0.15) is 0 Å². The van der Waals surface area contributed by atoms with Gasteiger partial charge in [-0.25, -0.2) is 0 Å².